The van der Waals surface area contributed by atoms with Crippen LogP contribution in [0.15, 0.2) is 24.3 Å². The molecule has 0 aliphatic rings. The number of aliphatic carboxylic acids is 1. The van der Waals surface area contributed by atoms with Crippen molar-refractivity contribution in [1.82, 2.24) is 0 Å². The van der Waals surface area contributed by atoms with Crippen molar-refractivity contribution in [2.75, 3.05) is 18.0 Å². The summed E-state index contributed by atoms with van der Waals surface area (Å²) in [5.41, 5.74) is 1.41. The minimum absolute atomic E-state index is 0.0831. The van der Waals surface area contributed by atoms with Crippen LogP contribution in [0.25, 0.3) is 0 Å². The molecule has 0 unspecified atom stereocenters. The molecule has 0 fully saturated rings. The highest BCUT2D eigenvalue weighted by Crippen LogP contribution is 2.20. The van der Waals surface area contributed by atoms with Gasteiger partial charge in [0, 0.05) is 13.1 Å². The summed E-state index contributed by atoms with van der Waals surface area (Å²) in [6.45, 7) is 3.22. The number of hydrogen-bond acceptors (Lipinski definition) is 3. The monoisotopic (exact) mass is 232 g/mol. The van der Waals surface area contributed by atoms with Gasteiger partial charge < -0.3 is 10.0 Å². The molecule has 0 aliphatic heterocycles. The van der Waals surface area contributed by atoms with Crippen LogP contribution in [0, 0.1) is 11.3 Å². The van der Waals surface area contributed by atoms with Crippen LogP contribution in [0.5, 0.6) is 0 Å². The summed E-state index contributed by atoms with van der Waals surface area (Å²) >= 11 is 0. The molecule has 0 heterocycles. The van der Waals surface area contributed by atoms with Gasteiger partial charge >= 0.3 is 5.97 Å². The number of carboxylic acids is 1. The van der Waals surface area contributed by atoms with Gasteiger partial charge in [-0.1, -0.05) is 19.1 Å². The average molecular weight is 232 g/mol. The second-order valence-corrected chi connectivity index (χ2v) is 3.76. The predicted octanol–water partition coefficient (Wildman–Crippen LogP) is 2.25. The van der Waals surface area contributed by atoms with Crippen LogP contribution in [-0.4, -0.2) is 24.2 Å². The standard InChI is InChI=1S/C13H16N2O2/c1-2-8-15(9-7-13(16)17)12-6-4-3-5-11(12)10-14/h3-6H,2,7-9H2,1H3,(H,16,17). The van der Waals surface area contributed by atoms with E-state index in [4.69, 9.17) is 10.4 Å². The molecule has 1 rings (SSSR count). The largest absolute Gasteiger partial charge is 0.481 e. The van der Waals surface area contributed by atoms with Crippen LogP contribution >= 0.6 is 0 Å². The summed E-state index contributed by atoms with van der Waals surface area (Å²) < 4.78 is 0. The van der Waals surface area contributed by atoms with E-state index in [1.807, 2.05) is 30.0 Å². The molecule has 0 radical (unpaired) electrons. The molecule has 1 aromatic carbocycles. The average Bonchev–Trinajstić information content (AvgIpc) is 2.34. The second-order valence-electron chi connectivity index (χ2n) is 3.76. The van der Waals surface area contributed by atoms with Gasteiger partial charge in [-0.25, -0.2) is 0 Å². The summed E-state index contributed by atoms with van der Waals surface area (Å²) in [4.78, 5) is 12.6. The number of benzene rings is 1. The quantitative estimate of drug-likeness (QED) is 0.817. The number of rotatable bonds is 6. The fourth-order valence-corrected chi connectivity index (χ4v) is 1.70. The van der Waals surface area contributed by atoms with Crippen LogP contribution < -0.4 is 4.90 Å². The fraction of sp³-hybridized carbons (Fsp3) is 0.385. The van der Waals surface area contributed by atoms with Crippen LogP contribution in [0.4, 0.5) is 5.69 Å². The minimum atomic E-state index is -0.819. The number of carboxylic acid groups (broad SMARTS) is 1. The Morgan fingerprint density at radius 2 is 2.12 bits per heavy atom. The summed E-state index contributed by atoms with van der Waals surface area (Å²) in [6, 6.07) is 9.41. The predicted molar refractivity (Wildman–Crippen MR) is 65.9 cm³/mol. The smallest absolute Gasteiger partial charge is 0.305 e. The molecular weight excluding hydrogens is 216 g/mol. The van der Waals surface area contributed by atoms with Crippen molar-refractivity contribution < 1.29 is 9.90 Å². The summed E-state index contributed by atoms with van der Waals surface area (Å²) in [7, 11) is 0. The zero-order chi connectivity index (χ0) is 12.7. The van der Waals surface area contributed by atoms with E-state index in [1.54, 1.807) is 6.07 Å². The lowest BCUT2D eigenvalue weighted by atomic mass is 10.1. The first-order valence-electron chi connectivity index (χ1n) is 5.65. The Morgan fingerprint density at radius 3 is 2.71 bits per heavy atom. The highest BCUT2D eigenvalue weighted by Gasteiger charge is 2.11. The normalized spacial score (nSPS) is 9.65. The van der Waals surface area contributed by atoms with E-state index >= 15 is 0 Å². The van der Waals surface area contributed by atoms with Gasteiger partial charge in [-0.3, -0.25) is 4.79 Å². The highest BCUT2D eigenvalue weighted by molar-refractivity contribution is 5.68. The van der Waals surface area contributed by atoms with Gasteiger partial charge in [0.15, 0.2) is 0 Å². The molecule has 0 saturated carbocycles. The molecule has 4 heteroatoms. The number of carbonyl (C=O) groups is 1. The Morgan fingerprint density at radius 1 is 1.41 bits per heavy atom. The molecule has 0 amide bonds. The van der Waals surface area contributed by atoms with E-state index in [2.05, 4.69) is 6.07 Å². The van der Waals surface area contributed by atoms with Crippen molar-refractivity contribution in [1.29, 1.82) is 5.26 Å². The summed E-state index contributed by atoms with van der Waals surface area (Å²) in [5.74, 6) is -0.819. The number of hydrogen-bond donors (Lipinski definition) is 1. The molecule has 17 heavy (non-hydrogen) atoms. The third kappa shape index (κ3) is 3.80. The van der Waals surface area contributed by atoms with Gasteiger partial charge in [-0.15, -0.1) is 0 Å². The molecule has 0 aliphatic carbocycles. The van der Waals surface area contributed by atoms with E-state index in [0.717, 1.165) is 18.7 Å². The lowest BCUT2D eigenvalue weighted by Gasteiger charge is -2.24. The van der Waals surface area contributed by atoms with Crippen LogP contribution in [0.1, 0.15) is 25.3 Å². The molecular formula is C13H16N2O2. The van der Waals surface area contributed by atoms with Crippen molar-refractivity contribution in [2.24, 2.45) is 0 Å². The zero-order valence-electron chi connectivity index (χ0n) is 9.89. The molecule has 0 spiro atoms. The van der Waals surface area contributed by atoms with Crippen molar-refractivity contribution in [3.8, 4) is 6.07 Å². The number of para-hydroxylation sites is 1. The third-order valence-corrected chi connectivity index (χ3v) is 2.45. The van der Waals surface area contributed by atoms with Crippen LogP contribution in [0.3, 0.4) is 0 Å². The lowest BCUT2D eigenvalue weighted by Crippen LogP contribution is -2.27. The Labute approximate surface area is 101 Å². The maximum Gasteiger partial charge on any atom is 0.305 e. The first-order chi connectivity index (χ1) is 8.19. The summed E-state index contributed by atoms with van der Waals surface area (Å²) in [6.07, 6.45) is 0.999. The van der Waals surface area contributed by atoms with E-state index in [-0.39, 0.29) is 6.42 Å². The van der Waals surface area contributed by atoms with Crippen LogP contribution in [-0.2, 0) is 4.79 Å². The molecule has 90 valence electrons. The topological polar surface area (TPSA) is 64.3 Å². The highest BCUT2D eigenvalue weighted by atomic mass is 16.4. The van der Waals surface area contributed by atoms with E-state index < -0.39 is 5.97 Å². The molecule has 4 nitrogen and oxygen atoms in total. The first-order valence-corrected chi connectivity index (χ1v) is 5.65. The maximum atomic E-state index is 10.6. The van der Waals surface area contributed by atoms with E-state index in [9.17, 15) is 4.79 Å². The molecule has 1 aromatic rings. The number of nitriles is 1. The van der Waals surface area contributed by atoms with E-state index in [1.165, 1.54) is 0 Å². The zero-order valence-corrected chi connectivity index (χ0v) is 9.89. The first kappa shape index (κ1) is 13.0. The van der Waals surface area contributed by atoms with Crippen molar-refractivity contribution >= 4 is 11.7 Å². The van der Waals surface area contributed by atoms with E-state index in [0.29, 0.717) is 12.1 Å². The second kappa shape index (κ2) is 6.54. The Hall–Kier alpha value is -2.02. The van der Waals surface area contributed by atoms with Gasteiger partial charge in [0.25, 0.3) is 0 Å². The molecule has 0 bridgehead atoms. The van der Waals surface area contributed by atoms with Crippen molar-refractivity contribution in [3.05, 3.63) is 29.8 Å². The number of anilines is 1. The van der Waals surface area contributed by atoms with Gasteiger partial charge in [0.05, 0.1) is 17.7 Å². The molecule has 0 saturated heterocycles. The van der Waals surface area contributed by atoms with Crippen molar-refractivity contribution in [3.63, 3.8) is 0 Å². The molecule has 1 N–H and O–H groups in total. The maximum absolute atomic E-state index is 10.6. The van der Waals surface area contributed by atoms with Gasteiger partial charge in [-0.05, 0) is 18.6 Å². The fourth-order valence-electron chi connectivity index (χ4n) is 1.70. The summed E-state index contributed by atoms with van der Waals surface area (Å²) in [5, 5.41) is 17.7. The lowest BCUT2D eigenvalue weighted by molar-refractivity contribution is -0.136. The Balaban J connectivity index is 2.89. The third-order valence-electron chi connectivity index (χ3n) is 2.45. The Bertz CT molecular complexity index is 424. The van der Waals surface area contributed by atoms with Gasteiger partial charge in [0.2, 0.25) is 0 Å². The number of nitrogens with zero attached hydrogens (tertiary/aromatic N) is 2. The minimum Gasteiger partial charge on any atom is -0.481 e. The SMILES string of the molecule is CCCN(CCC(=O)O)c1ccccc1C#N. The van der Waals surface area contributed by atoms with Gasteiger partial charge in [-0.2, -0.15) is 5.26 Å². The Kier molecular flexibility index (Phi) is 5.02. The molecule has 0 atom stereocenters. The van der Waals surface area contributed by atoms with Crippen molar-refractivity contribution in [2.45, 2.75) is 19.8 Å². The molecule has 0 aromatic heterocycles. The van der Waals surface area contributed by atoms with Crippen LogP contribution in [0.2, 0.25) is 0 Å². The van der Waals surface area contributed by atoms with Gasteiger partial charge in [0.1, 0.15) is 6.07 Å².